The molecular formula is C16H20FNO3. The maximum Gasteiger partial charge on any atom is 0.407 e. The van der Waals surface area contributed by atoms with Crippen molar-refractivity contribution in [1.82, 2.24) is 4.90 Å². The molecule has 21 heavy (non-hydrogen) atoms. The number of ether oxygens (including phenoxy) is 1. The van der Waals surface area contributed by atoms with Gasteiger partial charge in [0.2, 0.25) is 0 Å². The number of benzene rings is 1. The molecule has 114 valence electrons. The number of carboxylic acid groups (broad SMARTS) is 1. The molecule has 0 aromatic heterocycles. The van der Waals surface area contributed by atoms with Gasteiger partial charge in [-0.3, -0.25) is 0 Å². The Balaban J connectivity index is 1.94. The largest absolute Gasteiger partial charge is 0.465 e. The van der Waals surface area contributed by atoms with Gasteiger partial charge >= 0.3 is 6.09 Å². The number of halogens is 1. The van der Waals surface area contributed by atoms with E-state index in [1.807, 2.05) is 6.07 Å². The fraction of sp³-hybridized carbons (Fsp3) is 0.562. The number of hydrogen-bond acceptors (Lipinski definition) is 2. The highest BCUT2D eigenvalue weighted by atomic mass is 19.1. The van der Waals surface area contributed by atoms with E-state index in [0.717, 1.165) is 24.0 Å². The Morgan fingerprint density at radius 3 is 2.81 bits per heavy atom. The zero-order valence-corrected chi connectivity index (χ0v) is 12.1. The molecule has 1 spiro atoms. The van der Waals surface area contributed by atoms with E-state index < -0.39 is 11.7 Å². The lowest BCUT2D eigenvalue weighted by Crippen LogP contribution is -2.50. The summed E-state index contributed by atoms with van der Waals surface area (Å²) in [6, 6.07) is 4.91. The molecule has 2 aliphatic heterocycles. The zero-order valence-electron chi connectivity index (χ0n) is 12.1. The molecule has 1 amide bonds. The van der Waals surface area contributed by atoms with Crippen molar-refractivity contribution in [2.75, 3.05) is 13.1 Å². The zero-order chi connectivity index (χ0) is 15.0. The van der Waals surface area contributed by atoms with Gasteiger partial charge in [0.25, 0.3) is 0 Å². The molecule has 4 nitrogen and oxygen atoms in total. The summed E-state index contributed by atoms with van der Waals surface area (Å²) in [4.78, 5) is 12.5. The summed E-state index contributed by atoms with van der Waals surface area (Å²) in [6.07, 6.45) is 2.11. The van der Waals surface area contributed by atoms with E-state index in [1.54, 1.807) is 6.07 Å². The lowest BCUT2D eigenvalue weighted by Gasteiger charge is -2.47. The Labute approximate surface area is 123 Å². The number of rotatable bonds is 1. The molecule has 3 rings (SSSR count). The molecule has 1 aromatic rings. The van der Waals surface area contributed by atoms with Crippen LogP contribution >= 0.6 is 0 Å². The number of carbonyl (C=O) groups is 1. The molecule has 0 radical (unpaired) electrons. The van der Waals surface area contributed by atoms with E-state index in [1.165, 1.54) is 11.0 Å². The lowest BCUT2D eigenvalue weighted by atomic mass is 9.78. The summed E-state index contributed by atoms with van der Waals surface area (Å²) in [7, 11) is 0. The molecule has 5 heteroatoms. The van der Waals surface area contributed by atoms with Crippen LogP contribution in [0.4, 0.5) is 9.18 Å². The SMILES string of the molecule is CCC1Cc2ccc(F)cc2C2(CCN(C(=O)O)CC2)O1. The van der Waals surface area contributed by atoms with E-state index in [0.29, 0.717) is 25.9 Å². The Morgan fingerprint density at radius 2 is 2.19 bits per heavy atom. The highest BCUT2D eigenvalue weighted by Gasteiger charge is 2.44. The standard InChI is InChI=1S/C16H20FNO3/c1-2-13-9-11-3-4-12(17)10-14(11)16(21-13)5-7-18(8-6-16)15(19)20/h3-4,10,13H,2,5-9H2,1H3,(H,19,20). The van der Waals surface area contributed by atoms with Gasteiger partial charge in [-0.15, -0.1) is 0 Å². The van der Waals surface area contributed by atoms with Crippen LogP contribution in [0.2, 0.25) is 0 Å². The molecule has 0 aliphatic carbocycles. The van der Waals surface area contributed by atoms with Crippen LogP contribution in [0.25, 0.3) is 0 Å². The summed E-state index contributed by atoms with van der Waals surface area (Å²) >= 11 is 0. The highest BCUT2D eigenvalue weighted by Crippen LogP contribution is 2.44. The van der Waals surface area contributed by atoms with E-state index in [4.69, 9.17) is 9.84 Å². The molecule has 2 aliphatic rings. The molecule has 1 unspecified atom stereocenters. The number of piperidine rings is 1. The van der Waals surface area contributed by atoms with Crippen LogP contribution in [0.5, 0.6) is 0 Å². The molecule has 0 bridgehead atoms. The molecule has 2 heterocycles. The van der Waals surface area contributed by atoms with Crippen molar-refractivity contribution >= 4 is 6.09 Å². The second kappa shape index (κ2) is 5.30. The minimum Gasteiger partial charge on any atom is -0.465 e. The number of fused-ring (bicyclic) bond motifs is 2. The third-order valence-corrected chi connectivity index (χ3v) is 4.70. The van der Waals surface area contributed by atoms with Crippen molar-refractivity contribution in [3.63, 3.8) is 0 Å². The van der Waals surface area contributed by atoms with Crippen LogP contribution in [0.3, 0.4) is 0 Å². The molecule has 1 saturated heterocycles. The van der Waals surface area contributed by atoms with Crippen molar-refractivity contribution in [3.8, 4) is 0 Å². The van der Waals surface area contributed by atoms with Gasteiger partial charge in [-0.1, -0.05) is 13.0 Å². The van der Waals surface area contributed by atoms with Crippen molar-refractivity contribution in [2.45, 2.75) is 44.3 Å². The highest BCUT2D eigenvalue weighted by molar-refractivity contribution is 5.65. The topological polar surface area (TPSA) is 49.8 Å². The lowest BCUT2D eigenvalue weighted by molar-refractivity contribution is -0.137. The third kappa shape index (κ3) is 2.50. The molecule has 0 saturated carbocycles. The maximum absolute atomic E-state index is 13.7. The fourth-order valence-corrected chi connectivity index (χ4v) is 3.49. The smallest absolute Gasteiger partial charge is 0.407 e. The van der Waals surface area contributed by atoms with Crippen molar-refractivity contribution in [3.05, 3.63) is 35.1 Å². The van der Waals surface area contributed by atoms with Gasteiger partial charge < -0.3 is 14.7 Å². The van der Waals surface area contributed by atoms with Gasteiger partial charge in [0, 0.05) is 13.1 Å². The molecule has 1 aromatic carbocycles. The summed E-state index contributed by atoms with van der Waals surface area (Å²) in [6.45, 7) is 2.95. The Kier molecular flexibility index (Phi) is 3.61. The summed E-state index contributed by atoms with van der Waals surface area (Å²) in [5.74, 6) is -0.257. The number of hydrogen-bond donors (Lipinski definition) is 1. The minimum absolute atomic E-state index is 0.124. The first-order valence-electron chi connectivity index (χ1n) is 7.48. The van der Waals surface area contributed by atoms with Crippen LogP contribution in [-0.2, 0) is 16.8 Å². The minimum atomic E-state index is -0.896. The van der Waals surface area contributed by atoms with Crippen LogP contribution in [-0.4, -0.2) is 35.3 Å². The molecule has 1 N–H and O–H groups in total. The predicted molar refractivity (Wildman–Crippen MR) is 75.8 cm³/mol. The average Bonchev–Trinajstić information content (AvgIpc) is 2.48. The van der Waals surface area contributed by atoms with Gasteiger partial charge in [0.05, 0.1) is 11.7 Å². The van der Waals surface area contributed by atoms with Gasteiger partial charge in [0.1, 0.15) is 5.82 Å². The normalized spacial score (nSPS) is 23.9. The second-order valence-electron chi connectivity index (χ2n) is 5.92. The first-order chi connectivity index (χ1) is 10.0. The molecule has 1 atom stereocenters. The van der Waals surface area contributed by atoms with E-state index in [9.17, 15) is 9.18 Å². The number of likely N-dealkylation sites (tertiary alicyclic amines) is 1. The average molecular weight is 293 g/mol. The van der Waals surface area contributed by atoms with E-state index >= 15 is 0 Å². The number of amides is 1. The quantitative estimate of drug-likeness (QED) is 0.865. The van der Waals surface area contributed by atoms with Crippen molar-refractivity contribution < 1.29 is 19.0 Å². The summed E-state index contributed by atoms with van der Waals surface area (Å²) in [5, 5.41) is 9.09. The van der Waals surface area contributed by atoms with Crippen LogP contribution in [0, 0.1) is 5.82 Å². The molecular weight excluding hydrogens is 273 g/mol. The molecule has 1 fully saturated rings. The van der Waals surface area contributed by atoms with E-state index in [-0.39, 0.29) is 11.9 Å². The Bertz CT molecular complexity index is 552. The first-order valence-corrected chi connectivity index (χ1v) is 7.48. The van der Waals surface area contributed by atoms with Crippen LogP contribution in [0.15, 0.2) is 18.2 Å². The Hall–Kier alpha value is -1.62. The summed E-state index contributed by atoms with van der Waals surface area (Å²) < 4.78 is 19.9. The van der Waals surface area contributed by atoms with Crippen LogP contribution < -0.4 is 0 Å². The Morgan fingerprint density at radius 1 is 1.48 bits per heavy atom. The third-order valence-electron chi connectivity index (χ3n) is 4.70. The van der Waals surface area contributed by atoms with Gasteiger partial charge in [0.15, 0.2) is 0 Å². The van der Waals surface area contributed by atoms with Crippen LogP contribution in [0.1, 0.15) is 37.3 Å². The van der Waals surface area contributed by atoms with Crippen molar-refractivity contribution in [1.29, 1.82) is 0 Å². The van der Waals surface area contributed by atoms with Gasteiger partial charge in [-0.25, -0.2) is 9.18 Å². The maximum atomic E-state index is 13.7. The monoisotopic (exact) mass is 293 g/mol. The second-order valence-corrected chi connectivity index (χ2v) is 5.92. The van der Waals surface area contributed by atoms with Gasteiger partial charge in [-0.2, -0.15) is 0 Å². The van der Waals surface area contributed by atoms with Crippen molar-refractivity contribution in [2.24, 2.45) is 0 Å². The van der Waals surface area contributed by atoms with Gasteiger partial charge in [-0.05, 0) is 48.9 Å². The predicted octanol–water partition coefficient (Wildman–Crippen LogP) is 3.15. The van der Waals surface area contributed by atoms with E-state index in [2.05, 4.69) is 6.92 Å². The summed E-state index contributed by atoms with van der Waals surface area (Å²) in [5.41, 5.74) is 1.53. The first kappa shape index (κ1) is 14.3. The fourth-order valence-electron chi connectivity index (χ4n) is 3.49. The number of nitrogens with zero attached hydrogens (tertiary/aromatic N) is 1.